The van der Waals surface area contributed by atoms with E-state index in [1.54, 1.807) is 0 Å². The molecule has 3 nitrogen and oxygen atoms in total. The summed E-state index contributed by atoms with van der Waals surface area (Å²) in [5, 5.41) is 19.7. The Morgan fingerprint density at radius 2 is 1.47 bits per heavy atom. The quantitative estimate of drug-likeness (QED) is 0.433. The van der Waals surface area contributed by atoms with Crippen LogP contribution in [0.15, 0.2) is 36.4 Å². The van der Waals surface area contributed by atoms with Crippen LogP contribution in [0.1, 0.15) is 94.5 Å². The number of aliphatic hydroxyl groups excluding tert-OH is 2. The lowest BCUT2D eigenvalue weighted by atomic mass is 9.69. The van der Waals surface area contributed by atoms with E-state index in [0.29, 0.717) is 12.5 Å². The molecule has 2 aromatic carbocycles. The zero-order chi connectivity index (χ0) is 24.1. The first-order chi connectivity index (χ1) is 15.0. The van der Waals surface area contributed by atoms with Crippen molar-refractivity contribution in [3.63, 3.8) is 0 Å². The van der Waals surface area contributed by atoms with Gasteiger partial charge in [-0.2, -0.15) is 0 Å². The number of benzene rings is 2. The SMILES string of the molecule is CCC(CC)(c1ccc(OCC(O)C(C)(C)C)c(C)c1)c1ccc(C(C)CCO)c(C)c1. The van der Waals surface area contributed by atoms with Crippen molar-refractivity contribution in [3.05, 3.63) is 64.2 Å². The van der Waals surface area contributed by atoms with E-state index in [0.717, 1.165) is 30.6 Å². The third-order valence-corrected chi connectivity index (χ3v) is 7.25. The molecule has 0 fully saturated rings. The van der Waals surface area contributed by atoms with Gasteiger partial charge in [0.05, 0.1) is 6.10 Å². The molecule has 2 unspecified atom stereocenters. The van der Waals surface area contributed by atoms with Crippen LogP contribution < -0.4 is 4.74 Å². The van der Waals surface area contributed by atoms with E-state index in [9.17, 15) is 10.2 Å². The first-order valence-electron chi connectivity index (χ1n) is 12.1. The highest BCUT2D eigenvalue weighted by atomic mass is 16.5. The fourth-order valence-corrected chi connectivity index (χ4v) is 4.64. The molecule has 0 saturated heterocycles. The summed E-state index contributed by atoms with van der Waals surface area (Å²) >= 11 is 0. The van der Waals surface area contributed by atoms with Crippen molar-refractivity contribution >= 4 is 0 Å². The fraction of sp³-hybridized carbons (Fsp3) is 0.586. The van der Waals surface area contributed by atoms with Crippen molar-refractivity contribution in [2.45, 2.75) is 92.1 Å². The van der Waals surface area contributed by atoms with Crippen LogP contribution in [0, 0.1) is 19.3 Å². The molecule has 0 radical (unpaired) electrons. The Kier molecular flexibility index (Phi) is 8.96. The number of hydrogen-bond acceptors (Lipinski definition) is 3. The molecular formula is C29H44O3. The van der Waals surface area contributed by atoms with Gasteiger partial charge in [-0.3, -0.25) is 0 Å². The topological polar surface area (TPSA) is 49.7 Å². The maximum absolute atomic E-state index is 10.3. The van der Waals surface area contributed by atoms with Gasteiger partial charge >= 0.3 is 0 Å². The minimum Gasteiger partial charge on any atom is -0.491 e. The van der Waals surface area contributed by atoms with Crippen LogP contribution >= 0.6 is 0 Å². The summed E-state index contributed by atoms with van der Waals surface area (Å²) in [4.78, 5) is 0. The third kappa shape index (κ3) is 5.74. The van der Waals surface area contributed by atoms with Crippen molar-refractivity contribution in [2.24, 2.45) is 5.41 Å². The smallest absolute Gasteiger partial charge is 0.122 e. The summed E-state index contributed by atoms with van der Waals surface area (Å²) in [7, 11) is 0. The van der Waals surface area contributed by atoms with E-state index < -0.39 is 6.10 Å². The Bertz CT molecular complexity index is 874. The normalized spacial score (nSPS) is 14.3. The van der Waals surface area contributed by atoms with Gasteiger partial charge in [0, 0.05) is 12.0 Å². The van der Waals surface area contributed by atoms with Gasteiger partial charge in [0.15, 0.2) is 0 Å². The van der Waals surface area contributed by atoms with Crippen LogP contribution in [0.3, 0.4) is 0 Å². The van der Waals surface area contributed by atoms with Crippen molar-refractivity contribution < 1.29 is 14.9 Å². The van der Waals surface area contributed by atoms with E-state index in [4.69, 9.17) is 4.74 Å². The largest absolute Gasteiger partial charge is 0.491 e. The Labute approximate surface area is 195 Å². The predicted molar refractivity (Wildman–Crippen MR) is 135 cm³/mol. The van der Waals surface area contributed by atoms with Gasteiger partial charge in [-0.25, -0.2) is 0 Å². The van der Waals surface area contributed by atoms with Crippen LogP contribution in [0.25, 0.3) is 0 Å². The molecule has 0 heterocycles. The van der Waals surface area contributed by atoms with E-state index in [1.807, 2.05) is 20.8 Å². The summed E-state index contributed by atoms with van der Waals surface area (Å²) in [6.07, 6.45) is 2.30. The summed E-state index contributed by atoms with van der Waals surface area (Å²) in [6.45, 7) is 17.6. The van der Waals surface area contributed by atoms with Gasteiger partial charge in [-0.05, 0) is 78.3 Å². The monoisotopic (exact) mass is 440 g/mol. The molecule has 3 heteroatoms. The van der Waals surface area contributed by atoms with Gasteiger partial charge in [-0.15, -0.1) is 0 Å². The van der Waals surface area contributed by atoms with Crippen LogP contribution in [0.5, 0.6) is 5.75 Å². The van der Waals surface area contributed by atoms with Crippen molar-refractivity contribution in [3.8, 4) is 5.75 Å². The molecular weight excluding hydrogens is 396 g/mol. The third-order valence-electron chi connectivity index (χ3n) is 7.25. The summed E-state index contributed by atoms with van der Waals surface area (Å²) in [6, 6.07) is 13.4. The molecule has 2 rings (SSSR count). The number of aryl methyl sites for hydroxylation is 2. The molecule has 0 aromatic heterocycles. The van der Waals surface area contributed by atoms with Gasteiger partial charge in [-0.1, -0.05) is 71.9 Å². The van der Waals surface area contributed by atoms with Gasteiger partial charge in [0.1, 0.15) is 12.4 Å². The zero-order valence-corrected chi connectivity index (χ0v) is 21.5. The molecule has 0 aliphatic rings. The molecule has 0 aliphatic carbocycles. The predicted octanol–water partition coefficient (Wildman–Crippen LogP) is 6.68. The molecule has 0 spiro atoms. The van der Waals surface area contributed by atoms with E-state index >= 15 is 0 Å². The molecule has 0 aliphatic heterocycles. The molecule has 0 bridgehead atoms. The Hall–Kier alpha value is -1.84. The second kappa shape index (κ2) is 10.9. The maximum Gasteiger partial charge on any atom is 0.122 e. The lowest BCUT2D eigenvalue weighted by Crippen LogP contribution is -2.32. The zero-order valence-electron chi connectivity index (χ0n) is 21.5. The highest BCUT2D eigenvalue weighted by Crippen LogP contribution is 2.41. The highest BCUT2D eigenvalue weighted by molar-refractivity contribution is 5.47. The second-order valence-corrected chi connectivity index (χ2v) is 10.4. The average Bonchev–Trinajstić information content (AvgIpc) is 2.73. The lowest BCUT2D eigenvalue weighted by molar-refractivity contribution is 0.0216. The number of rotatable bonds is 10. The van der Waals surface area contributed by atoms with E-state index in [1.165, 1.54) is 22.3 Å². The summed E-state index contributed by atoms with van der Waals surface area (Å²) < 4.78 is 5.98. The number of aliphatic hydroxyl groups is 2. The fourth-order valence-electron chi connectivity index (χ4n) is 4.64. The van der Waals surface area contributed by atoms with Gasteiger partial charge in [0.25, 0.3) is 0 Å². The molecule has 32 heavy (non-hydrogen) atoms. The number of hydrogen-bond donors (Lipinski definition) is 2. The second-order valence-electron chi connectivity index (χ2n) is 10.4. The standard InChI is InChI=1S/C29H44O3/c1-9-29(10-2,23-11-13-25(21(4)17-23)20(3)15-16-30)24-12-14-26(22(5)18-24)32-19-27(31)28(6,7)8/h11-14,17-18,20,27,30-31H,9-10,15-16,19H2,1-8H3. The molecule has 0 saturated carbocycles. The first kappa shape index (κ1) is 26.4. The van der Waals surface area contributed by atoms with Crippen LogP contribution in [0.4, 0.5) is 0 Å². The first-order valence-corrected chi connectivity index (χ1v) is 12.1. The van der Waals surface area contributed by atoms with Crippen molar-refractivity contribution in [1.29, 1.82) is 0 Å². The van der Waals surface area contributed by atoms with E-state index in [2.05, 4.69) is 71.0 Å². The molecule has 178 valence electrons. The minimum atomic E-state index is -0.512. The molecule has 0 amide bonds. The van der Waals surface area contributed by atoms with Crippen molar-refractivity contribution in [1.82, 2.24) is 0 Å². The lowest BCUT2D eigenvalue weighted by Gasteiger charge is -2.34. The summed E-state index contributed by atoms with van der Waals surface area (Å²) in [5.74, 6) is 1.19. The minimum absolute atomic E-state index is 0.0578. The average molecular weight is 441 g/mol. The van der Waals surface area contributed by atoms with Crippen molar-refractivity contribution in [2.75, 3.05) is 13.2 Å². The van der Waals surface area contributed by atoms with Crippen LogP contribution in [-0.4, -0.2) is 29.5 Å². The van der Waals surface area contributed by atoms with Gasteiger partial charge in [0.2, 0.25) is 0 Å². The number of ether oxygens (including phenoxy) is 1. The Balaban J connectivity index is 2.37. The Morgan fingerprint density at radius 1 is 0.906 bits per heavy atom. The molecule has 2 atom stereocenters. The summed E-state index contributed by atoms with van der Waals surface area (Å²) in [5.41, 5.74) is 6.10. The van der Waals surface area contributed by atoms with Crippen LogP contribution in [0.2, 0.25) is 0 Å². The molecule has 2 N–H and O–H groups in total. The van der Waals surface area contributed by atoms with Crippen LogP contribution in [-0.2, 0) is 5.41 Å². The van der Waals surface area contributed by atoms with Gasteiger partial charge < -0.3 is 14.9 Å². The maximum atomic E-state index is 10.3. The van der Waals surface area contributed by atoms with E-state index in [-0.39, 0.29) is 17.4 Å². The Morgan fingerprint density at radius 3 is 1.94 bits per heavy atom. The molecule has 2 aromatic rings. The highest BCUT2D eigenvalue weighted by Gasteiger charge is 2.32.